The highest BCUT2D eigenvalue weighted by molar-refractivity contribution is 6.39. The standard InChI is InChI=1S/C16H17Cl2F2N3O2.ClH/c17-10-2-1-3-11(18)13(10)15(25)23-6-4-22(5-7-23)14(24)12-8-16(19,20)9-21-12;/h1-3,12,21H,4-9H2;1H. The Morgan fingerprint density at radius 3 is 2.12 bits per heavy atom. The molecule has 2 aliphatic rings. The highest BCUT2D eigenvalue weighted by Crippen LogP contribution is 2.28. The molecule has 1 atom stereocenters. The van der Waals surface area contributed by atoms with Gasteiger partial charge in [-0.3, -0.25) is 14.9 Å². The second kappa shape index (κ2) is 8.25. The van der Waals surface area contributed by atoms with E-state index in [1.807, 2.05) is 0 Å². The monoisotopic (exact) mass is 427 g/mol. The van der Waals surface area contributed by atoms with Crippen molar-refractivity contribution in [1.82, 2.24) is 15.1 Å². The lowest BCUT2D eigenvalue weighted by atomic mass is 10.1. The maximum Gasteiger partial charge on any atom is 0.262 e. The zero-order valence-corrected chi connectivity index (χ0v) is 16.0. The molecule has 1 aromatic rings. The van der Waals surface area contributed by atoms with Gasteiger partial charge in [-0.2, -0.15) is 0 Å². The molecule has 0 spiro atoms. The van der Waals surface area contributed by atoms with E-state index in [0.717, 1.165) is 0 Å². The van der Waals surface area contributed by atoms with Crippen LogP contribution in [-0.4, -0.2) is 66.3 Å². The van der Waals surface area contributed by atoms with Crippen LogP contribution in [0.25, 0.3) is 0 Å². The Labute approximate surface area is 166 Å². The highest BCUT2D eigenvalue weighted by atomic mass is 35.5. The maximum atomic E-state index is 13.2. The van der Waals surface area contributed by atoms with Gasteiger partial charge < -0.3 is 9.80 Å². The van der Waals surface area contributed by atoms with Crippen molar-refractivity contribution in [3.8, 4) is 0 Å². The number of carbonyl (C=O) groups excluding carboxylic acids is 2. The van der Waals surface area contributed by atoms with Crippen LogP contribution < -0.4 is 5.32 Å². The van der Waals surface area contributed by atoms with Crippen molar-refractivity contribution in [2.75, 3.05) is 32.7 Å². The molecule has 2 fully saturated rings. The Hall–Kier alpha value is -1.15. The molecule has 2 heterocycles. The lowest BCUT2D eigenvalue weighted by molar-refractivity contribution is -0.135. The minimum Gasteiger partial charge on any atom is -0.338 e. The summed E-state index contributed by atoms with van der Waals surface area (Å²) in [6.45, 7) is 0.699. The Morgan fingerprint density at radius 1 is 1.08 bits per heavy atom. The van der Waals surface area contributed by atoms with Crippen LogP contribution in [0, 0.1) is 0 Å². The summed E-state index contributed by atoms with van der Waals surface area (Å²) in [6, 6.07) is 3.97. The van der Waals surface area contributed by atoms with E-state index >= 15 is 0 Å². The van der Waals surface area contributed by atoms with Crippen molar-refractivity contribution < 1.29 is 18.4 Å². The van der Waals surface area contributed by atoms with Crippen molar-refractivity contribution in [2.24, 2.45) is 0 Å². The van der Waals surface area contributed by atoms with Crippen LogP contribution in [-0.2, 0) is 4.79 Å². The SMILES string of the molecule is Cl.O=C(c1c(Cl)cccc1Cl)N1CCN(C(=O)C2CC(F)(F)CN2)CC1. The molecule has 0 saturated carbocycles. The zero-order chi connectivity index (χ0) is 18.2. The van der Waals surface area contributed by atoms with Gasteiger partial charge in [-0.05, 0) is 12.1 Å². The first kappa shape index (κ1) is 21.2. The van der Waals surface area contributed by atoms with Gasteiger partial charge in [-0.25, -0.2) is 8.78 Å². The first-order chi connectivity index (χ1) is 11.8. The third-order valence-electron chi connectivity index (χ3n) is 4.46. The van der Waals surface area contributed by atoms with E-state index in [1.54, 1.807) is 23.1 Å². The van der Waals surface area contributed by atoms with Gasteiger partial charge in [-0.15, -0.1) is 12.4 Å². The fourth-order valence-electron chi connectivity index (χ4n) is 3.10. The summed E-state index contributed by atoms with van der Waals surface area (Å²) in [4.78, 5) is 28.0. The molecule has 1 unspecified atom stereocenters. The first-order valence-electron chi connectivity index (χ1n) is 7.92. The zero-order valence-electron chi connectivity index (χ0n) is 13.7. The third kappa shape index (κ3) is 4.39. The first-order valence-corrected chi connectivity index (χ1v) is 8.67. The molecule has 1 aromatic carbocycles. The smallest absolute Gasteiger partial charge is 0.262 e. The van der Waals surface area contributed by atoms with E-state index in [4.69, 9.17) is 23.2 Å². The minimum absolute atomic E-state index is 0. The Morgan fingerprint density at radius 2 is 1.62 bits per heavy atom. The quantitative estimate of drug-likeness (QED) is 0.788. The molecular formula is C16H18Cl3F2N3O2. The molecule has 144 valence electrons. The highest BCUT2D eigenvalue weighted by Gasteiger charge is 2.44. The van der Waals surface area contributed by atoms with Crippen LogP contribution >= 0.6 is 35.6 Å². The van der Waals surface area contributed by atoms with E-state index < -0.39 is 24.9 Å². The van der Waals surface area contributed by atoms with Crippen molar-refractivity contribution in [3.05, 3.63) is 33.8 Å². The van der Waals surface area contributed by atoms with Gasteiger partial charge >= 0.3 is 0 Å². The number of hydrogen-bond acceptors (Lipinski definition) is 3. The van der Waals surface area contributed by atoms with Gasteiger partial charge in [-0.1, -0.05) is 29.3 Å². The summed E-state index contributed by atoms with van der Waals surface area (Å²) in [7, 11) is 0. The molecule has 5 nitrogen and oxygen atoms in total. The number of amides is 2. The number of alkyl halides is 2. The number of nitrogens with zero attached hydrogens (tertiary/aromatic N) is 2. The number of halogens is 5. The van der Waals surface area contributed by atoms with Crippen LogP contribution in [0.15, 0.2) is 18.2 Å². The van der Waals surface area contributed by atoms with Crippen LogP contribution in [0.5, 0.6) is 0 Å². The molecule has 3 rings (SSSR count). The number of benzene rings is 1. The number of carbonyl (C=O) groups is 2. The predicted molar refractivity (Wildman–Crippen MR) is 97.5 cm³/mol. The van der Waals surface area contributed by atoms with Crippen molar-refractivity contribution in [2.45, 2.75) is 18.4 Å². The average molecular weight is 429 g/mol. The van der Waals surface area contributed by atoms with Gasteiger partial charge in [0.2, 0.25) is 5.91 Å². The second-order valence-electron chi connectivity index (χ2n) is 6.21. The van der Waals surface area contributed by atoms with E-state index in [1.165, 1.54) is 4.90 Å². The lowest BCUT2D eigenvalue weighted by Gasteiger charge is -2.36. The van der Waals surface area contributed by atoms with Crippen LogP contribution in [0.2, 0.25) is 10.0 Å². The van der Waals surface area contributed by atoms with Gasteiger partial charge in [0.1, 0.15) is 0 Å². The van der Waals surface area contributed by atoms with E-state index in [2.05, 4.69) is 5.32 Å². The summed E-state index contributed by atoms with van der Waals surface area (Å²) >= 11 is 12.1. The largest absolute Gasteiger partial charge is 0.338 e. The fourth-order valence-corrected chi connectivity index (χ4v) is 3.66. The van der Waals surface area contributed by atoms with Crippen molar-refractivity contribution in [1.29, 1.82) is 0 Å². The normalized spacial score (nSPS) is 22.1. The molecule has 2 aliphatic heterocycles. The van der Waals surface area contributed by atoms with Gasteiger partial charge in [0.05, 0.1) is 28.2 Å². The van der Waals surface area contributed by atoms with Crippen LogP contribution in [0.1, 0.15) is 16.8 Å². The molecule has 0 radical (unpaired) electrons. The Bertz CT molecular complexity index is 677. The van der Waals surface area contributed by atoms with Gasteiger partial charge in [0, 0.05) is 32.6 Å². The minimum atomic E-state index is -2.85. The fraction of sp³-hybridized carbons (Fsp3) is 0.500. The number of piperazine rings is 1. The predicted octanol–water partition coefficient (Wildman–Crippen LogP) is 2.70. The summed E-state index contributed by atoms with van der Waals surface area (Å²) in [6.07, 6.45) is -0.486. The molecule has 10 heteroatoms. The summed E-state index contributed by atoms with van der Waals surface area (Å²) in [5, 5.41) is 3.11. The maximum absolute atomic E-state index is 13.2. The summed E-state index contributed by atoms with van der Waals surface area (Å²) in [5.41, 5.74) is 0.239. The Balaban J connectivity index is 0.00000243. The molecular weight excluding hydrogens is 411 g/mol. The van der Waals surface area contributed by atoms with E-state index in [-0.39, 0.29) is 52.9 Å². The number of nitrogens with one attached hydrogen (secondary N) is 1. The topological polar surface area (TPSA) is 52.7 Å². The van der Waals surface area contributed by atoms with E-state index in [9.17, 15) is 18.4 Å². The average Bonchev–Trinajstić information content (AvgIpc) is 2.94. The molecule has 0 bridgehead atoms. The van der Waals surface area contributed by atoms with Gasteiger partial charge in [0.25, 0.3) is 11.8 Å². The van der Waals surface area contributed by atoms with Crippen molar-refractivity contribution >= 4 is 47.4 Å². The van der Waals surface area contributed by atoms with Gasteiger partial charge in [0.15, 0.2) is 0 Å². The second-order valence-corrected chi connectivity index (χ2v) is 7.02. The van der Waals surface area contributed by atoms with Crippen LogP contribution in [0.4, 0.5) is 8.78 Å². The van der Waals surface area contributed by atoms with E-state index in [0.29, 0.717) is 13.1 Å². The molecule has 0 aromatic heterocycles. The Kier molecular flexibility index (Phi) is 6.71. The third-order valence-corrected chi connectivity index (χ3v) is 5.09. The molecule has 1 N–H and O–H groups in total. The molecule has 2 amide bonds. The molecule has 2 saturated heterocycles. The number of rotatable bonds is 2. The molecule has 0 aliphatic carbocycles. The summed E-state index contributed by atoms with van der Waals surface area (Å²) < 4.78 is 26.5. The lowest BCUT2D eigenvalue weighted by Crippen LogP contribution is -2.54. The van der Waals surface area contributed by atoms with Crippen LogP contribution in [0.3, 0.4) is 0 Å². The summed E-state index contributed by atoms with van der Waals surface area (Å²) in [5.74, 6) is -3.49. The number of hydrogen-bond donors (Lipinski definition) is 1. The van der Waals surface area contributed by atoms with Crippen molar-refractivity contribution in [3.63, 3.8) is 0 Å². The molecule has 26 heavy (non-hydrogen) atoms.